The molecule has 6 aromatic carbocycles. The van der Waals surface area contributed by atoms with Gasteiger partial charge in [-0.25, -0.2) is 4.79 Å². The fourth-order valence-corrected chi connectivity index (χ4v) is 9.77. The van der Waals surface area contributed by atoms with Crippen LogP contribution in [-0.2, 0) is 40.5 Å². The Morgan fingerprint density at radius 3 is 0.977 bits per heavy atom. The van der Waals surface area contributed by atoms with E-state index in [1.165, 1.54) is 0 Å². The van der Waals surface area contributed by atoms with Gasteiger partial charge in [0.2, 0.25) is 0 Å². The summed E-state index contributed by atoms with van der Waals surface area (Å²) >= 11 is 0. The number of nitrogens with one attached hydrogen (secondary N) is 2. The number of hydrogen-bond donors (Lipinski definition) is 6. The minimum atomic E-state index is -4.19. The van der Waals surface area contributed by atoms with Crippen LogP contribution in [0.5, 0.6) is 23.0 Å². The van der Waals surface area contributed by atoms with Crippen molar-refractivity contribution >= 4 is 103 Å². The minimum absolute atomic E-state index is 0.0648. The molecule has 27 nitrogen and oxygen atoms in total. The summed E-state index contributed by atoms with van der Waals surface area (Å²) in [7, 11) is -16.7. The first kappa shape index (κ1) is 68.9. The fraction of sp³-hybridized carbons (Fsp3) is 0.351. The maximum atomic E-state index is 13.6. The first-order chi connectivity index (χ1) is 41.3. The van der Waals surface area contributed by atoms with E-state index >= 15 is 0 Å². The van der Waals surface area contributed by atoms with Gasteiger partial charge in [-0.3, -0.25) is 18.2 Å². The second kappa shape index (κ2) is 30.6. The van der Waals surface area contributed by atoms with Gasteiger partial charge in [0.25, 0.3) is 40.5 Å². The van der Waals surface area contributed by atoms with Crippen molar-refractivity contribution in [2.75, 3.05) is 60.1 Å². The Balaban J connectivity index is 1.15. The molecule has 0 aliphatic carbocycles. The van der Waals surface area contributed by atoms with E-state index in [9.17, 15) is 47.6 Å². The smallest absolute Gasteiger partial charge is 0.323 e. The zero-order valence-electron chi connectivity index (χ0n) is 49.4. The van der Waals surface area contributed by atoms with Gasteiger partial charge in [-0.05, 0) is 198 Å². The minimum Gasteiger partial charge on any atom is -0.492 e. The zero-order valence-corrected chi connectivity index (χ0v) is 52.6. The molecule has 2 amide bonds. The Morgan fingerprint density at radius 1 is 0.341 bits per heavy atom. The second-order valence-corrected chi connectivity index (χ2v) is 26.6. The number of benzene rings is 6. The maximum absolute atomic E-state index is 13.6. The number of carbonyl (C=O) groups excluding carboxylic acids is 1. The van der Waals surface area contributed by atoms with Crippen LogP contribution in [0.25, 0.3) is 0 Å². The third-order valence-corrected chi connectivity index (χ3v) is 15.8. The Kier molecular flexibility index (Phi) is 24.0. The Hall–Kier alpha value is -8.17. The summed E-state index contributed by atoms with van der Waals surface area (Å²) in [6, 6.07) is 22.8. The molecule has 0 aliphatic rings. The van der Waals surface area contributed by atoms with E-state index in [2.05, 4.69) is 51.5 Å². The van der Waals surface area contributed by atoms with Gasteiger partial charge < -0.3 is 29.6 Å². The Bertz CT molecular complexity index is 3880. The van der Waals surface area contributed by atoms with Crippen LogP contribution in [0, 0.1) is 55.4 Å². The predicted molar refractivity (Wildman–Crippen MR) is 332 cm³/mol. The molecule has 0 unspecified atom stereocenters. The SMILES string of the molecule is Cc1cc(OCCS(=O)(=O)O)ccc1N=Nc1cc(OCCCCS(=O)(=O)O)c(N=Nc2cc(C)c(NC(=O)Nc3cc(C)c(/N=N\c4cc(C)c(N=Nc5ccc(OCCS(=O)(=O)O)cc5C)cc4OCCCCS(=O)(=O)O)cc3C)cc2C)cc1C. The van der Waals surface area contributed by atoms with Crippen molar-refractivity contribution in [3.63, 3.8) is 0 Å². The highest BCUT2D eigenvalue weighted by molar-refractivity contribution is 7.86. The number of urea groups is 1. The lowest BCUT2D eigenvalue weighted by atomic mass is 10.1. The molecule has 6 aromatic rings. The molecule has 0 aliphatic heterocycles. The molecular formula is C57H68N10O17S4. The van der Waals surface area contributed by atoms with Gasteiger partial charge in [0, 0.05) is 23.5 Å². The van der Waals surface area contributed by atoms with Crippen LogP contribution in [0.3, 0.4) is 0 Å². The highest BCUT2D eigenvalue weighted by Crippen LogP contribution is 2.40. The molecule has 6 rings (SSSR count). The van der Waals surface area contributed by atoms with Crippen molar-refractivity contribution in [2.24, 2.45) is 40.9 Å². The molecule has 0 atom stereocenters. The predicted octanol–water partition coefficient (Wildman–Crippen LogP) is 14.1. The van der Waals surface area contributed by atoms with E-state index in [-0.39, 0.29) is 63.6 Å². The number of amides is 2. The van der Waals surface area contributed by atoms with E-state index in [1.54, 1.807) is 140 Å². The molecule has 472 valence electrons. The maximum Gasteiger partial charge on any atom is 0.323 e. The third-order valence-electron chi connectivity index (χ3n) is 12.9. The number of azo groups is 4. The number of unbranched alkanes of at least 4 members (excludes halogenated alkanes) is 2. The lowest BCUT2D eigenvalue weighted by molar-refractivity contribution is 0.262. The number of rotatable bonds is 30. The molecule has 6 N–H and O–H groups in total. The van der Waals surface area contributed by atoms with Crippen LogP contribution in [-0.4, -0.2) is 107 Å². The molecule has 88 heavy (non-hydrogen) atoms. The molecular weight excluding hydrogens is 1220 g/mol. The molecule has 0 spiro atoms. The van der Waals surface area contributed by atoms with Gasteiger partial charge in [0.1, 0.15) is 59.1 Å². The first-order valence-electron chi connectivity index (χ1n) is 27.1. The van der Waals surface area contributed by atoms with E-state index in [0.717, 1.165) is 0 Å². The lowest BCUT2D eigenvalue weighted by Crippen LogP contribution is -2.20. The average molecular weight is 1290 g/mol. The summed E-state index contributed by atoms with van der Waals surface area (Å²) in [6.07, 6.45) is 0.832. The molecule has 0 saturated carbocycles. The average Bonchev–Trinajstić information content (AvgIpc) is 2.49. The highest BCUT2D eigenvalue weighted by atomic mass is 32.2. The van der Waals surface area contributed by atoms with Crippen LogP contribution in [0.4, 0.5) is 61.7 Å². The number of nitrogens with zero attached hydrogens (tertiary/aromatic N) is 8. The van der Waals surface area contributed by atoms with Crippen molar-refractivity contribution in [1.82, 2.24) is 0 Å². The molecule has 31 heteroatoms. The van der Waals surface area contributed by atoms with E-state index in [0.29, 0.717) is 113 Å². The number of anilines is 2. The van der Waals surface area contributed by atoms with Gasteiger partial charge in [-0.2, -0.15) is 64.4 Å². The quantitative estimate of drug-likeness (QED) is 0.0139. The van der Waals surface area contributed by atoms with Crippen LogP contribution in [0.1, 0.15) is 70.2 Å². The van der Waals surface area contributed by atoms with E-state index in [1.807, 2.05) is 0 Å². The summed E-state index contributed by atoms with van der Waals surface area (Å²) in [5.74, 6) is -0.753. The number of ether oxygens (including phenoxy) is 4. The normalized spacial score (nSPS) is 12.4. The molecule has 0 aromatic heterocycles. The van der Waals surface area contributed by atoms with Crippen LogP contribution >= 0.6 is 0 Å². The van der Waals surface area contributed by atoms with Crippen molar-refractivity contribution in [3.8, 4) is 23.0 Å². The number of aryl methyl sites for hydroxylation is 8. The van der Waals surface area contributed by atoms with E-state index in [4.69, 9.17) is 28.1 Å². The van der Waals surface area contributed by atoms with Gasteiger partial charge in [-0.15, -0.1) is 10.2 Å². The zero-order chi connectivity index (χ0) is 64.6. The first-order valence-corrected chi connectivity index (χ1v) is 33.5. The number of carbonyl (C=O) groups is 1. The molecule has 0 radical (unpaired) electrons. The summed E-state index contributed by atoms with van der Waals surface area (Å²) in [4.78, 5) is 13.6. The summed E-state index contributed by atoms with van der Waals surface area (Å²) in [5, 5.41) is 41.6. The Morgan fingerprint density at radius 2 is 0.636 bits per heavy atom. The van der Waals surface area contributed by atoms with Crippen LogP contribution in [0.2, 0.25) is 0 Å². The fourth-order valence-electron chi connectivity index (χ4n) is 8.05. The second-order valence-electron chi connectivity index (χ2n) is 20.3. The monoisotopic (exact) mass is 1290 g/mol. The largest absolute Gasteiger partial charge is 0.492 e. The number of hydrogen-bond acceptors (Lipinski definition) is 21. The van der Waals surface area contributed by atoms with Gasteiger partial charge in [0.15, 0.2) is 0 Å². The molecule has 0 bridgehead atoms. The van der Waals surface area contributed by atoms with Gasteiger partial charge in [0.05, 0.1) is 58.8 Å². The molecule has 0 saturated heterocycles. The van der Waals surface area contributed by atoms with Crippen LogP contribution < -0.4 is 29.6 Å². The molecule has 0 heterocycles. The van der Waals surface area contributed by atoms with Crippen LogP contribution in [0.15, 0.2) is 126 Å². The molecule has 0 fully saturated rings. The summed E-state index contributed by atoms with van der Waals surface area (Å²) in [6.45, 7) is 13.9. The van der Waals surface area contributed by atoms with E-state index < -0.39 is 69.5 Å². The third kappa shape index (κ3) is 22.8. The highest BCUT2D eigenvalue weighted by Gasteiger charge is 2.17. The van der Waals surface area contributed by atoms with Crippen molar-refractivity contribution in [1.29, 1.82) is 0 Å². The van der Waals surface area contributed by atoms with Gasteiger partial charge >= 0.3 is 6.03 Å². The van der Waals surface area contributed by atoms with Crippen molar-refractivity contribution in [3.05, 3.63) is 129 Å². The Labute approximate surface area is 510 Å². The topological polar surface area (TPSA) is 394 Å². The van der Waals surface area contributed by atoms with Crippen molar-refractivity contribution in [2.45, 2.75) is 81.1 Å². The summed E-state index contributed by atoms with van der Waals surface area (Å²) < 4.78 is 149. The van der Waals surface area contributed by atoms with Gasteiger partial charge in [-0.1, -0.05) is 0 Å². The van der Waals surface area contributed by atoms with Crippen molar-refractivity contribution < 1.29 is 75.6 Å². The standard InChI is InChI=1S/C57H68N10O17S4/c1-35-25-43(81-19-23-87(75,76)77)13-15-45(35)60-64-51-33-55(83-17-9-11-21-85(69,70)71)53(31-41(51)7)66-62-49-29-37(3)47(27-39(49)5)58-57(68)59-48-28-40(6)50(30-38(48)4)63-67-54-32-42(8)52(34-56(54)84-18-10-12-22-86(72,73)74)65-61-46-16-14-44(26-36(46)2)82-20-24-88(78,79)80/h13-16,25-34H,9-12,17-24H2,1-8H3,(H2,58,59,68)(H,69,70,71)(H,72,73,74)(H,75,76,77)(H,78,79,80)/b64-60?,65-61?,66-62-,67-63?. The summed E-state index contributed by atoms with van der Waals surface area (Å²) in [5.41, 5.74) is 9.69. The lowest BCUT2D eigenvalue weighted by Gasteiger charge is -2.14.